The summed E-state index contributed by atoms with van der Waals surface area (Å²) in [5.41, 5.74) is 3.29. The van der Waals surface area contributed by atoms with Gasteiger partial charge in [0, 0.05) is 24.3 Å². The third kappa shape index (κ3) is 5.63. The van der Waals surface area contributed by atoms with Gasteiger partial charge in [0.05, 0.1) is 12.5 Å². The van der Waals surface area contributed by atoms with Crippen LogP contribution in [-0.2, 0) is 19.1 Å². The topological polar surface area (TPSA) is 84.9 Å². The summed E-state index contributed by atoms with van der Waals surface area (Å²) in [7, 11) is 0. The van der Waals surface area contributed by atoms with E-state index in [2.05, 4.69) is 5.32 Å². The van der Waals surface area contributed by atoms with Gasteiger partial charge in [-0.15, -0.1) is 0 Å². The first-order valence-corrected chi connectivity index (χ1v) is 10.4. The molecule has 2 amide bonds. The van der Waals surface area contributed by atoms with Crippen molar-refractivity contribution >= 4 is 29.2 Å². The Balaban J connectivity index is 1.52. The molecule has 1 atom stereocenters. The predicted octanol–water partition coefficient (Wildman–Crippen LogP) is 3.63. The smallest absolute Gasteiger partial charge is 0.311 e. The minimum atomic E-state index is -0.600. The lowest BCUT2D eigenvalue weighted by Crippen LogP contribution is -2.28. The summed E-state index contributed by atoms with van der Waals surface area (Å²) in [5, 5.41) is 2.78. The van der Waals surface area contributed by atoms with Gasteiger partial charge < -0.3 is 19.7 Å². The third-order valence-electron chi connectivity index (χ3n) is 5.17. The second-order valence-corrected chi connectivity index (χ2v) is 7.67. The van der Waals surface area contributed by atoms with Crippen LogP contribution in [0.2, 0.25) is 0 Å². The first-order valence-electron chi connectivity index (χ1n) is 10.4. The van der Waals surface area contributed by atoms with Crippen molar-refractivity contribution in [2.75, 3.05) is 30.0 Å². The van der Waals surface area contributed by atoms with Gasteiger partial charge in [0.1, 0.15) is 5.75 Å². The van der Waals surface area contributed by atoms with E-state index in [0.29, 0.717) is 12.3 Å². The molecule has 0 radical (unpaired) electrons. The molecule has 7 nitrogen and oxygen atoms in total. The van der Waals surface area contributed by atoms with Crippen LogP contribution in [0.25, 0.3) is 0 Å². The van der Waals surface area contributed by atoms with E-state index < -0.39 is 17.8 Å². The number of nitrogens with one attached hydrogen (secondary N) is 1. The van der Waals surface area contributed by atoms with Crippen LogP contribution in [0.4, 0.5) is 11.4 Å². The second-order valence-electron chi connectivity index (χ2n) is 7.67. The number of nitrogens with zero attached hydrogens (tertiary/aromatic N) is 1. The van der Waals surface area contributed by atoms with Gasteiger partial charge in [-0.3, -0.25) is 14.4 Å². The molecule has 1 saturated heterocycles. The summed E-state index contributed by atoms with van der Waals surface area (Å²) in [5.74, 6) is -0.964. The van der Waals surface area contributed by atoms with Gasteiger partial charge in [0.15, 0.2) is 6.61 Å². The number of benzene rings is 2. The SMILES string of the molecule is CCCOc1ccc(N2CC(C(=O)OCC(=O)Nc3c(C)cccc3C)CC2=O)cc1. The molecule has 1 fully saturated rings. The van der Waals surface area contributed by atoms with E-state index in [-0.39, 0.29) is 25.5 Å². The number of amides is 2. The zero-order chi connectivity index (χ0) is 22.4. The molecule has 1 aliphatic rings. The van der Waals surface area contributed by atoms with E-state index in [1.54, 1.807) is 17.0 Å². The molecule has 0 aromatic heterocycles. The zero-order valence-electron chi connectivity index (χ0n) is 18.1. The summed E-state index contributed by atoms with van der Waals surface area (Å²) in [6.45, 7) is 6.30. The lowest BCUT2D eigenvalue weighted by Gasteiger charge is -2.17. The molecule has 2 aromatic rings. The highest BCUT2D eigenvalue weighted by molar-refractivity contribution is 6.00. The van der Waals surface area contributed by atoms with Crippen LogP contribution in [0.1, 0.15) is 30.9 Å². The van der Waals surface area contributed by atoms with Crippen LogP contribution in [0.3, 0.4) is 0 Å². The summed E-state index contributed by atoms with van der Waals surface area (Å²) in [4.78, 5) is 38.6. The van der Waals surface area contributed by atoms with E-state index in [0.717, 1.165) is 29.0 Å². The van der Waals surface area contributed by atoms with Crippen LogP contribution in [0, 0.1) is 19.8 Å². The fourth-order valence-electron chi connectivity index (χ4n) is 3.50. The van der Waals surface area contributed by atoms with Crippen molar-refractivity contribution in [3.63, 3.8) is 0 Å². The maximum atomic E-state index is 12.4. The number of hydrogen-bond donors (Lipinski definition) is 1. The first-order chi connectivity index (χ1) is 14.9. The summed E-state index contributed by atoms with van der Waals surface area (Å²) in [6, 6.07) is 12.9. The summed E-state index contributed by atoms with van der Waals surface area (Å²) >= 11 is 0. The Bertz CT molecular complexity index is 935. The summed E-state index contributed by atoms with van der Waals surface area (Å²) < 4.78 is 10.7. The Morgan fingerprint density at radius 3 is 2.42 bits per heavy atom. The maximum Gasteiger partial charge on any atom is 0.311 e. The molecule has 3 rings (SSSR count). The number of carbonyl (C=O) groups is 3. The Kier molecular flexibility index (Phi) is 7.28. The molecule has 7 heteroatoms. The van der Waals surface area contributed by atoms with Gasteiger partial charge in [-0.25, -0.2) is 0 Å². The molecular formula is C24H28N2O5. The molecule has 0 bridgehead atoms. The fraction of sp³-hybridized carbons (Fsp3) is 0.375. The van der Waals surface area contributed by atoms with E-state index in [1.165, 1.54) is 0 Å². The van der Waals surface area contributed by atoms with Gasteiger partial charge in [-0.1, -0.05) is 25.1 Å². The quantitative estimate of drug-likeness (QED) is 0.654. The molecule has 164 valence electrons. The minimum absolute atomic E-state index is 0.0610. The predicted molar refractivity (Wildman–Crippen MR) is 118 cm³/mol. The van der Waals surface area contributed by atoms with Crippen LogP contribution < -0.4 is 15.0 Å². The van der Waals surface area contributed by atoms with Gasteiger partial charge in [-0.2, -0.15) is 0 Å². The number of carbonyl (C=O) groups excluding carboxylic acids is 3. The highest BCUT2D eigenvalue weighted by atomic mass is 16.5. The average Bonchev–Trinajstić information content (AvgIpc) is 3.15. The van der Waals surface area contributed by atoms with Crippen LogP contribution >= 0.6 is 0 Å². The lowest BCUT2D eigenvalue weighted by molar-refractivity contribution is -0.151. The molecule has 0 aliphatic carbocycles. The molecule has 1 N–H and O–H groups in total. The number of rotatable bonds is 8. The minimum Gasteiger partial charge on any atom is -0.494 e. The van der Waals surface area contributed by atoms with Crippen LogP contribution in [0.15, 0.2) is 42.5 Å². The zero-order valence-corrected chi connectivity index (χ0v) is 18.1. The Hall–Kier alpha value is -3.35. The molecule has 2 aromatic carbocycles. The number of ether oxygens (including phenoxy) is 2. The highest BCUT2D eigenvalue weighted by Crippen LogP contribution is 2.27. The first kappa shape index (κ1) is 22.3. The Morgan fingerprint density at radius 2 is 1.77 bits per heavy atom. The van der Waals surface area contributed by atoms with Gasteiger partial charge in [-0.05, 0) is 55.7 Å². The van der Waals surface area contributed by atoms with E-state index in [9.17, 15) is 14.4 Å². The normalized spacial score (nSPS) is 15.6. The van der Waals surface area contributed by atoms with E-state index in [4.69, 9.17) is 9.47 Å². The standard InChI is InChI=1S/C24H28N2O5/c1-4-12-30-20-10-8-19(9-11-20)26-14-18(13-22(26)28)24(29)31-15-21(27)25-23-16(2)6-5-7-17(23)3/h5-11,18H,4,12-15H2,1-3H3,(H,25,27). The van der Waals surface area contributed by atoms with Crippen molar-refractivity contribution in [3.05, 3.63) is 53.6 Å². The van der Waals surface area contributed by atoms with Crippen molar-refractivity contribution < 1.29 is 23.9 Å². The van der Waals surface area contributed by atoms with Gasteiger partial charge in [0.25, 0.3) is 5.91 Å². The number of hydrogen-bond acceptors (Lipinski definition) is 5. The van der Waals surface area contributed by atoms with E-state index in [1.807, 2.05) is 51.1 Å². The van der Waals surface area contributed by atoms with Gasteiger partial charge in [0.2, 0.25) is 5.91 Å². The molecule has 31 heavy (non-hydrogen) atoms. The molecule has 1 unspecified atom stereocenters. The molecule has 0 saturated carbocycles. The van der Waals surface area contributed by atoms with Crippen molar-refractivity contribution in [3.8, 4) is 5.75 Å². The van der Waals surface area contributed by atoms with Crippen molar-refractivity contribution in [2.24, 2.45) is 5.92 Å². The molecule has 1 aliphatic heterocycles. The lowest BCUT2D eigenvalue weighted by atomic mass is 10.1. The Morgan fingerprint density at radius 1 is 1.10 bits per heavy atom. The third-order valence-corrected chi connectivity index (χ3v) is 5.17. The molecule has 0 spiro atoms. The fourth-order valence-corrected chi connectivity index (χ4v) is 3.50. The second kappa shape index (κ2) is 10.1. The van der Waals surface area contributed by atoms with Crippen LogP contribution in [-0.4, -0.2) is 37.5 Å². The summed E-state index contributed by atoms with van der Waals surface area (Å²) in [6.07, 6.45) is 0.976. The van der Waals surface area contributed by atoms with Gasteiger partial charge >= 0.3 is 5.97 Å². The number of anilines is 2. The largest absolute Gasteiger partial charge is 0.494 e. The number of esters is 1. The monoisotopic (exact) mass is 424 g/mol. The van der Waals surface area contributed by atoms with Crippen molar-refractivity contribution in [2.45, 2.75) is 33.6 Å². The van der Waals surface area contributed by atoms with Crippen molar-refractivity contribution in [1.29, 1.82) is 0 Å². The number of para-hydroxylation sites is 1. The average molecular weight is 424 g/mol. The number of aryl methyl sites for hydroxylation is 2. The highest BCUT2D eigenvalue weighted by Gasteiger charge is 2.36. The molecule has 1 heterocycles. The van der Waals surface area contributed by atoms with Crippen molar-refractivity contribution in [1.82, 2.24) is 0 Å². The van der Waals surface area contributed by atoms with Crippen LogP contribution in [0.5, 0.6) is 5.75 Å². The maximum absolute atomic E-state index is 12.4. The molecular weight excluding hydrogens is 396 g/mol. The Labute approximate surface area is 182 Å². The van der Waals surface area contributed by atoms with E-state index >= 15 is 0 Å².